The number of carbonyl (C=O) groups excluding carboxylic acids is 2. The molecule has 1 saturated heterocycles. The van der Waals surface area contributed by atoms with Crippen molar-refractivity contribution in [3.8, 4) is 0 Å². The monoisotopic (exact) mass is 347 g/mol. The third kappa shape index (κ3) is 4.18. The van der Waals surface area contributed by atoms with Crippen LogP contribution in [-0.2, 0) is 9.59 Å². The Bertz CT molecular complexity index is 629. The lowest BCUT2D eigenvalue weighted by Gasteiger charge is -2.34. The first-order valence-corrected chi connectivity index (χ1v) is 9.13. The Labute approximate surface area is 147 Å². The Morgan fingerprint density at radius 3 is 2.64 bits per heavy atom. The molecule has 1 aliphatic heterocycles. The molecule has 0 bridgehead atoms. The minimum Gasteiger partial charge on any atom is -0.342 e. The highest BCUT2D eigenvalue weighted by Crippen LogP contribution is 2.33. The average Bonchev–Trinajstić information content (AvgIpc) is 3.10. The zero-order valence-corrected chi connectivity index (χ0v) is 14.4. The second-order valence-electron chi connectivity index (χ2n) is 7.13. The Balaban J connectivity index is 1.51. The molecule has 0 unspecified atom stereocenters. The molecule has 136 valence electrons. The molecule has 5 nitrogen and oxygen atoms in total. The van der Waals surface area contributed by atoms with Crippen LogP contribution in [0.15, 0.2) is 24.3 Å². The van der Waals surface area contributed by atoms with Gasteiger partial charge in [0.05, 0.1) is 0 Å². The number of nitrogens with zero attached hydrogens (tertiary/aromatic N) is 1. The normalized spacial score (nSPS) is 24.3. The van der Waals surface area contributed by atoms with Crippen molar-refractivity contribution in [1.29, 1.82) is 0 Å². The Morgan fingerprint density at radius 2 is 1.96 bits per heavy atom. The highest BCUT2D eigenvalue weighted by atomic mass is 19.1. The summed E-state index contributed by atoms with van der Waals surface area (Å²) < 4.78 is 13.2. The van der Waals surface area contributed by atoms with Crippen LogP contribution < -0.4 is 11.1 Å². The van der Waals surface area contributed by atoms with E-state index in [2.05, 4.69) is 5.32 Å². The van der Waals surface area contributed by atoms with E-state index in [4.69, 9.17) is 5.73 Å². The molecule has 1 heterocycles. The fourth-order valence-electron chi connectivity index (χ4n) is 4.05. The van der Waals surface area contributed by atoms with Crippen LogP contribution in [0.3, 0.4) is 0 Å². The van der Waals surface area contributed by atoms with Crippen molar-refractivity contribution < 1.29 is 14.0 Å². The summed E-state index contributed by atoms with van der Waals surface area (Å²) in [6.45, 7) is 1.78. The molecule has 0 radical (unpaired) electrons. The van der Waals surface area contributed by atoms with E-state index < -0.39 is 0 Å². The van der Waals surface area contributed by atoms with Crippen LogP contribution >= 0.6 is 0 Å². The zero-order chi connectivity index (χ0) is 17.8. The fraction of sp³-hybridized carbons (Fsp3) is 0.579. The standard InChI is InChI=1S/C19H26FN3O2/c20-15-4-2-5-16(11-15)22-18(24)13-7-9-23(10-8-13)19(25)17-6-1-3-14(17)12-21/h2,4-5,11,13-14,17H,1,3,6-10,12,21H2,(H,22,24)/t14-,17-/m1/s1. The van der Waals surface area contributed by atoms with Crippen LogP contribution in [0.5, 0.6) is 0 Å². The summed E-state index contributed by atoms with van der Waals surface area (Å²) in [7, 11) is 0. The van der Waals surface area contributed by atoms with Crippen molar-refractivity contribution in [2.45, 2.75) is 32.1 Å². The van der Waals surface area contributed by atoms with Crippen molar-refractivity contribution in [2.24, 2.45) is 23.5 Å². The van der Waals surface area contributed by atoms with E-state index in [1.54, 1.807) is 12.1 Å². The Morgan fingerprint density at radius 1 is 1.20 bits per heavy atom. The summed E-state index contributed by atoms with van der Waals surface area (Å²) >= 11 is 0. The second kappa shape index (κ2) is 7.95. The number of nitrogens with two attached hydrogens (primary N) is 1. The quantitative estimate of drug-likeness (QED) is 0.878. The van der Waals surface area contributed by atoms with Gasteiger partial charge >= 0.3 is 0 Å². The number of anilines is 1. The van der Waals surface area contributed by atoms with Crippen molar-refractivity contribution in [3.05, 3.63) is 30.1 Å². The van der Waals surface area contributed by atoms with Gasteiger partial charge in [0.1, 0.15) is 5.82 Å². The summed E-state index contributed by atoms with van der Waals surface area (Å²) in [6.07, 6.45) is 4.34. The third-order valence-electron chi connectivity index (χ3n) is 5.55. The third-order valence-corrected chi connectivity index (χ3v) is 5.55. The molecule has 0 aromatic heterocycles. The molecular formula is C19H26FN3O2. The van der Waals surface area contributed by atoms with Gasteiger partial charge in [-0.05, 0) is 56.3 Å². The lowest BCUT2D eigenvalue weighted by atomic mass is 9.91. The molecule has 0 spiro atoms. The maximum absolute atomic E-state index is 13.2. The van der Waals surface area contributed by atoms with Gasteiger partial charge in [-0.2, -0.15) is 0 Å². The maximum atomic E-state index is 13.2. The molecule has 2 aliphatic rings. The number of carbonyl (C=O) groups is 2. The summed E-state index contributed by atoms with van der Waals surface area (Å²) in [5.74, 6) is -0.0371. The topological polar surface area (TPSA) is 75.4 Å². The summed E-state index contributed by atoms with van der Waals surface area (Å²) in [6, 6.07) is 5.90. The Kier molecular flexibility index (Phi) is 5.68. The number of nitrogens with one attached hydrogen (secondary N) is 1. The molecule has 25 heavy (non-hydrogen) atoms. The molecule has 1 aliphatic carbocycles. The number of likely N-dealkylation sites (tertiary alicyclic amines) is 1. The molecule has 2 fully saturated rings. The predicted octanol–water partition coefficient (Wildman–Crippen LogP) is 2.38. The molecular weight excluding hydrogens is 321 g/mol. The minimum absolute atomic E-state index is 0.0580. The van der Waals surface area contributed by atoms with Gasteiger partial charge in [0, 0.05) is 30.6 Å². The maximum Gasteiger partial charge on any atom is 0.227 e. The molecule has 1 aromatic carbocycles. The molecule has 6 heteroatoms. The van der Waals surface area contributed by atoms with Gasteiger partial charge in [-0.1, -0.05) is 12.5 Å². The van der Waals surface area contributed by atoms with Gasteiger partial charge in [0.2, 0.25) is 11.8 Å². The average molecular weight is 347 g/mol. The largest absolute Gasteiger partial charge is 0.342 e. The van der Waals surface area contributed by atoms with Gasteiger partial charge in [-0.3, -0.25) is 9.59 Å². The smallest absolute Gasteiger partial charge is 0.227 e. The molecule has 1 aromatic rings. The van der Waals surface area contributed by atoms with Crippen LogP contribution in [0.25, 0.3) is 0 Å². The van der Waals surface area contributed by atoms with E-state index >= 15 is 0 Å². The molecule has 3 N–H and O–H groups in total. The Hall–Kier alpha value is -1.95. The number of amides is 2. The molecule has 1 saturated carbocycles. The highest BCUT2D eigenvalue weighted by Gasteiger charge is 2.36. The van der Waals surface area contributed by atoms with Crippen molar-refractivity contribution >= 4 is 17.5 Å². The number of rotatable bonds is 4. The lowest BCUT2D eigenvalue weighted by molar-refractivity contribution is -0.139. The highest BCUT2D eigenvalue weighted by molar-refractivity contribution is 5.92. The van der Waals surface area contributed by atoms with Crippen LogP contribution in [0.2, 0.25) is 0 Å². The van der Waals surface area contributed by atoms with Crippen molar-refractivity contribution in [3.63, 3.8) is 0 Å². The van der Waals surface area contributed by atoms with Crippen molar-refractivity contribution in [1.82, 2.24) is 4.90 Å². The number of halogens is 1. The SMILES string of the molecule is NC[C@H]1CCC[C@H]1C(=O)N1CCC(C(=O)Nc2cccc(F)c2)CC1. The fourth-order valence-corrected chi connectivity index (χ4v) is 4.05. The number of piperidine rings is 1. The number of hydrogen-bond donors (Lipinski definition) is 2. The van der Waals surface area contributed by atoms with E-state index in [1.165, 1.54) is 12.1 Å². The van der Waals surface area contributed by atoms with Crippen molar-refractivity contribution in [2.75, 3.05) is 25.0 Å². The van der Waals surface area contributed by atoms with Crippen LogP contribution in [-0.4, -0.2) is 36.3 Å². The number of hydrogen-bond acceptors (Lipinski definition) is 3. The van der Waals surface area contributed by atoms with E-state index in [-0.39, 0.29) is 29.5 Å². The summed E-state index contributed by atoms with van der Waals surface area (Å²) in [5.41, 5.74) is 6.26. The van der Waals surface area contributed by atoms with E-state index in [0.717, 1.165) is 19.3 Å². The van der Waals surface area contributed by atoms with Gasteiger partial charge in [0.25, 0.3) is 0 Å². The van der Waals surface area contributed by atoms with E-state index in [9.17, 15) is 14.0 Å². The first kappa shape index (κ1) is 17.9. The summed E-state index contributed by atoms with van der Waals surface area (Å²) in [4.78, 5) is 27.0. The molecule has 2 amide bonds. The van der Waals surface area contributed by atoms with E-state index in [1.807, 2.05) is 4.90 Å². The van der Waals surface area contributed by atoms with Crippen LogP contribution in [0.4, 0.5) is 10.1 Å². The van der Waals surface area contributed by atoms with Crippen LogP contribution in [0, 0.1) is 23.6 Å². The van der Waals surface area contributed by atoms with E-state index in [0.29, 0.717) is 44.1 Å². The van der Waals surface area contributed by atoms with Gasteiger partial charge < -0.3 is 16.0 Å². The molecule has 3 rings (SSSR count). The first-order valence-electron chi connectivity index (χ1n) is 9.13. The van der Waals surface area contributed by atoms with Gasteiger partial charge in [-0.15, -0.1) is 0 Å². The summed E-state index contributed by atoms with van der Waals surface area (Å²) in [5, 5.41) is 2.77. The zero-order valence-electron chi connectivity index (χ0n) is 14.4. The van der Waals surface area contributed by atoms with Gasteiger partial charge in [-0.25, -0.2) is 4.39 Å². The first-order chi connectivity index (χ1) is 12.1. The minimum atomic E-state index is -0.371. The van der Waals surface area contributed by atoms with Gasteiger partial charge in [0.15, 0.2) is 0 Å². The second-order valence-corrected chi connectivity index (χ2v) is 7.13. The predicted molar refractivity (Wildman–Crippen MR) is 94.2 cm³/mol. The lowest BCUT2D eigenvalue weighted by Crippen LogP contribution is -2.45. The number of benzene rings is 1. The van der Waals surface area contributed by atoms with Crippen LogP contribution in [0.1, 0.15) is 32.1 Å². The molecule has 2 atom stereocenters.